The number of carbonyl (C=O) groups excluding carboxylic acids is 2. The van der Waals surface area contributed by atoms with Crippen molar-refractivity contribution in [1.29, 1.82) is 0 Å². The number of non-ortho nitro benzene ring substituents is 1. The lowest BCUT2D eigenvalue weighted by Crippen LogP contribution is -2.22. The fourth-order valence-electron chi connectivity index (χ4n) is 2.13. The molecule has 1 N–H and O–H groups in total. The number of hydrogen-bond acceptors (Lipinski definition) is 6. The number of rotatable bonds is 6. The van der Waals surface area contributed by atoms with Gasteiger partial charge in [-0.1, -0.05) is 0 Å². The quantitative estimate of drug-likeness (QED) is 0.482. The van der Waals surface area contributed by atoms with Crippen molar-refractivity contribution in [1.82, 2.24) is 0 Å². The first-order valence-corrected chi connectivity index (χ1v) is 7.46. The number of nitrogens with one attached hydrogen (secondary N) is 1. The van der Waals surface area contributed by atoms with Crippen LogP contribution < -0.4 is 10.2 Å². The molecule has 26 heavy (non-hydrogen) atoms. The summed E-state index contributed by atoms with van der Waals surface area (Å²) in [5.41, 5.74) is 0.466. The summed E-state index contributed by atoms with van der Waals surface area (Å²) >= 11 is 0. The number of amides is 1. The standard InChI is InChI=1S/C17H16FN3O5/c1-20(2)15-8-7-13(21(24)25)9-14(15)17(23)26-10-16(22)19-12-5-3-11(18)4-6-12/h3-9H,10H2,1-2H3,(H,19,22). The number of benzene rings is 2. The van der Waals surface area contributed by atoms with Crippen molar-refractivity contribution < 1.29 is 23.6 Å². The first-order valence-electron chi connectivity index (χ1n) is 7.46. The summed E-state index contributed by atoms with van der Waals surface area (Å²) < 4.78 is 17.8. The lowest BCUT2D eigenvalue weighted by atomic mass is 10.1. The zero-order valence-electron chi connectivity index (χ0n) is 14.1. The number of nitrogens with zero attached hydrogens (tertiary/aromatic N) is 2. The number of nitro groups is 1. The molecule has 0 radical (unpaired) electrons. The SMILES string of the molecule is CN(C)c1ccc([N+](=O)[O-])cc1C(=O)OCC(=O)Nc1ccc(F)cc1. The van der Waals surface area contributed by atoms with E-state index in [0.29, 0.717) is 11.4 Å². The van der Waals surface area contributed by atoms with E-state index in [9.17, 15) is 24.1 Å². The highest BCUT2D eigenvalue weighted by atomic mass is 19.1. The molecule has 2 rings (SSSR count). The maximum absolute atomic E-state index is 12.8. The van der Waals surface area contributed by atoms with Crippen LogP contribution in [-0.2, 0) is 9.53 Å². The molecule has 2 aromatic rings. The highest BCUT2D eigenvalue weighted by Crippen LogP contribution is 2.25. The highest BCUT2D eigenvalue weighted by Gasteiger charge is 2.20. The number of hydrogen-bond donors (Lipinski definition) is 1. The normalized spacial score (nSPS) is 10.1. The average Bonchev–Trinajstić information content (AvgIpc) is 2.61. The van der Waals surface area contributed by atoms with Gasteiger partial charge in [-0.05, 0) is 30.3 Å². The number of carbonyl (C=O) groups is 2. The first kappa shape index (κ1) is 18.8. The molecule has 0 aliphatic heterocycles. The number of anilines is 2. The Kier molecular flexibility index (Phi) is 5.84. The Bertz CT molecular complexity index is 837. The summed E-state index contributed by atoms with van der Waals surface area (Å²) in [5.74, 6) is -1.94. The van der Waals surface area contributed by atoms with Gasteiger partial charge in [0.1, 0.15) is 5.82 Å². The monoisotopic (exact) mass is 361 g/mol. The molecule has 0 atom stereocenters. The molecule has 0 spiro atoms. The van der Waals surface area contributed by atoms with Crippen LogP contribution >= 0.6 is 0 Å². The van der Waals surface area contributed by atoms with Crippen molar-refractivity contribution in [3.8, 4) is 0 Å². The molecule has 0 aromatic heterocycles. The Morgan fingerprint density at radius 2 is 1.85 bits per heavy atom. The van der Waals surface area contributed by atoms with E-state index in [1.807, 2.05) is 0 Å². The van der Waals surface area contributed by atoms with E-state index in [0.717, 1.165) is 6.07 Å². The minimum absolute atomic E-state index is 0.0289. The number of nitro benzene ring substituents is 1. The van der Waals surface area contributed by atoms with Gasteiger partial charge in [-0.15, -0.1) is 0 Å². The van der Waals surface area contributed by atoms with Crippen molar-refractivity contribution in [2.45, 2.75) is 0 Å². The lowest BCUT2D eigenvalue weighted by Gasteiger charge is -2.16. The maximum Gasteiger partial charge on any atom is 0.341 e. The topological polar surface area (TPSA) is 102 Å². The third-order valence-electron chi connectivity index (χ3n) is 3.36. The lowest BCUT2D eigenvalue weighted by molar-refractivity contribution is -0.384. The van der Waals surface area contributed by atoms with Crippen LogP contribution in [-0.4, -0.2) is 37.5 Å². The second-order valence-corrected chi connectivity index (χ2v) is 5.48. The molecule has 2 aromatic carbocycles. The van der Waals surface area contributed by atoms with Gasteiger partial charge in [-0.2, -0.15) is 0 Å². The molecule has 0 aliphatic rings. The third-order valence-corrected chi connectivity index (χ3v) is 3.36. The Labute approximate surface area is 148 Å². The van der Waals surface area contributed by atoms with Crippen LogP contribution in [0.5, 0.6) is 0 Å². The molecule has 0 unspecified atom stereocenters. The third kappa shape index (κ3) is 4.76. The summed E-state index contributed by atoms with van der Waals surface area (Å²) in [5, 5.41) is 13.3. The highest BCUT2D eigenvalue weighted by molar-refractivity contribution is 5.99. The molecule has 0 fully saturated rings. The fourth-order valence-corrected chi connectivity index (χ4v) is 2.13. The van der Waals surface area contributed by atoms with Crippen LogP contribution in [0.1, 0.15) is 10.4 Å². The van der Waals surface area contributed by atoms with Gasteiger partial charge >= 0.3 is 5.97 Å². The molecule has 1 amide bonds. The summed E-state index contributed by atoms with van der Waals surface area (Å²) in [4.78, 5) is 35.9. The Morgan fingerprint density at radius 1 is 1.19 bits per heavy atom. The van der Waals surface area contributed by atoms with Crippen molar-refractivity contribution in [3.63, 3.8) is 0 Å². The van der Waals surface area contributed by atoms with E-state index in [1.54, 1.807) is 19.0 Å². The van der Waals surface area contributed by atoms with Crippen LogP contribution in [0.2, 0.25) is 0 Å². The molecule has 8 nitrogen and oxygen atoms in total. The zero-order chi connectivity index (χ0) is 19.3. The summed E-state index contributed by atoms with van der Waals surface area (Å²) in [6, 6.07) is 8.86. The second kappa shape index (κ2) is 8.06. The molecular weight excluding hydrogens is 345 g/mol. The van der Waals surface area contributed by atoms with E-state index in [4.69, 9.17) is 4.74 Å². The van der Waals surface area contributed by atoms with Crippen LogP contribution in [0.25, 0.3) is 0 Å². The zero-order valence-corrected chi connectivity index (χ0v) is 14.1. The minimum atomic E-state index is -0.869. The molecule has 0 aliphatic carbocycles. The van der Waals surface area contributed by atoms with Crippen LogP contribution in [0.15, 0.2) is 42.5 Å². The summed E-state index contributed by atoms with van der Waals surface area (Å²) in [6.45, 7) is -0.591. The first-order chi connectivity index (χ1) is 12.3. The van der Waals surface area contributed by atoms with Crippen molar-refractivity contribution in [2.75, 3.05) is 30.9 Å². The molecule has 136 valence electrons. The molecule has 0 saturated carbocycles. The maximum atomic E-state index is 12.8. The van der Waals surface area contributed by atoms with Crippen molar-refractivity contribution >= 4 is 28.9 Å². The molecule has 0 saturated heterocycles. The summed E-state index contributed by atoms with van der Waals surface area (Å²) in [6.07, 6.45) is 0. The van der Waals surface area contributed by atoms with E-state index in [2.05, 4.69) is 5.32 Å². The predicted octanol–water partition coefficient (Wildman–Crippen LogP) is 2.60. The fraction of sp³-hybridized carbons (Fsp3) is 0.176. The van der Waals surface area contributed by atoms with Gasteiger partial charge in [-0.3, -0.25) is 14.9 Å². The van der Waals surface area contributed by atoms with Crippen LogP contribution in [0, 0.1) is 15.9 Å². The summed E-state index contributed by atoms with van der Waals surface area (Å²) in [7, 11) is 3.33. The van der Waals surface area contributed by atoms with Gasteiger partial charge < -0.3 is 15.0 Å². The van der Waals surface area contributed by atoms with Gasteiger partial charge in [-0.25, -0.2) is 9.18 Å². The van der Waals surface area contributed by atoms with Crippen molar-refractivity contribution in [3.05, 3.63) is 64.0 Å². The number of esters is 1. The minimum Gasteiger partial charge on any atom is -0.452 e. The van der Waals surface area contributed by atoms with Gasteiger partial charge in [0.25, 0.3) is 11.6 Å². The van der Waals surface area contributed by atoms with E-state index < -0.39 is 29.2 Å². The van der Waals surface area contributed by atoms with Gasteiger partial charge in [0, 0.05) is 31.9 Å². The van der Waals surface area contributed by atoms with Gasteiger partial charge in [0.15, 0.2) is 6.61 Å². The van der Waals surface area contributed by atoms with Crippen LogP contribution in [0.3, 0.4) is 0 Å². The molecule has 0 bridgehead atoms. The number of ether oxygens (including phenoxy) is 1. The molecular formula is C17H16FN3O5. The van der Waals surface area contributed by atoms with Gasteiger partial charge in [0.2, 0.25) is 0 Å². The Hall–Kier alpha value is -3.49. The van der Waals surface area contributed by atoms with Gasteiger partial charge in [0.05, 0.1) is 16.2 Å². The molecule has 0 heterocycles. The van der Waals surface area contributed by atoms with E-state index in [1.165, 1.54) is 36.4 Å². The Balaban J connectivity index is 2.06. The average molecular weight is 361 g/mol. The molecule has 9 heteroatoms. The second-order valence-electron chi connectivity index (χ2n) is 5.48. The largest absolute Gasteiger partial charge is 0.452 e. The smallest absolute Gasteiger partial charge is 0.341 e. The van der Waals surface area contributed by atoms with E-state index in [-0.39, 0.29) is 11.3 Å². The number of halogens is 1. The predicted molar refractivity (Wildman–Crippen MR) is 92.7 cm³/mol. The van der Waals surface area contributed by atoms with E-state index >= 15 is 0 Å². The van der Waals surface area contributed by atoms with Crippen molar-refractivity contribution in [2.24, 2.45) is 0 Å². The Morgan fingerprint density at radius 3 is 2.42 bits per heavy atom. The van der Waals surface area contributed by atoms with Crippen LogP contribution in [0.4, 0.5) is 21.5 Å².